The summed E-state index contributed by atoms with van der Waals surface area (Å²) in [7, 11) is 0. The maximum atomic E-state index is 13.0. The molecule has 1 unspecified atom stereocenters. The SMILES string of the molecule is CC1(Oc2cccc(F)c2)CCCNC1. The Hall–Kier alpha value is -1.09. The second kappa shape index (κ2) is 4.19. The van der Waals surface area contributed by atoms with Crippen LogP contribution in [0.2, 0.25) is 0 Å². The molecule has 1 aromatic rings. The van der Waals surface area contributed by atoms with E-state index in [1.54, 1.807) is 12.1 Å². The summed E-state index contributed by atoms with van der Waals surface area (Å²) in [6, 6.07) is 6.32. The molecule has 0 aliphatic carbocycles. The molecule has 1 N–H and O–H groups in total. The van der Waals surface area contributed by atoms with Gasteiger partial charge in [0.25, 0.3) is 0 Å². The Morgan fingerprint density at radius 2 is 2.33 bits per heavy atom. The third-order valence-corrected chi connectivity index (χ3v) is 2.72. The molecule has 15 heavy (non-hydrogen) atoms. The van der Waals surface area contributed by atoms with Crippen LogP contribution in [0.5, 0.6) is 5.75 Å². The Bertz CT molecular complexity index is 334. The van der Waals surface area contributed by atoms with Gasteiger partial charge < -0.3 is 10.1 Å². The average Bonchev–Trinajstić information content (AvgIpc) is 2.18. The molecule has 2 nitrogen and oxygen atoms in total. The van der Waals surface area contributed by atoms with Gasteiger partial charge in [0.1, 0.15) is 17.2 Å². The molecule has 2 rings (SSSR count). The summed E-state index contributed by atoms with van der Waals surface area (Å²) in [5.41, 5.74) is -0.202. The van der Waals surface area contributed by atoms with Gasteiger partial charge in [0.15, 0.2) is 0 Å². The molecule has 1 heterocycles. The number of halogens is 1. The fourth-order valence-corrected chi connectivity index (χ4v) is 1.93. The normalized spacial score (nSPS) is 26.3. The lowest BCUT2D eigenvalue weighted by atomic mass is 9.96. The molecule has 82 valence electrons. The minimum Gasteiger partial charge on any atom is -0.486 e. The second-order valence-corrected chi connectivity index (χ2v) is 4.29. The Morgan fingerprint density at radius 1 is 1.47 bits per heavy atom. The predicted octanol–water partition coefficient (Wildman–Crippen LogP) is 2.35. The summed E-state index contributed by atoms with van der Waals surface area (Å²) in [6.07, 6.45) is 2.11. The monoisotopic (exact) mass is 209 g/mol. The van der Waals surface area contributed by atoms with Crippen LogP contribution >= 0.6 is 0 Å². The number of rotatable bonds is 2. The zero-order valence-corrected chi connectivity index (χ0v) is 8.92. The van der Waals surface area contributed by atoms with Crippen LogP contribution < -0.4 is 10.1 Å². The topological polar surface area (TPSA) is 21.3 Å². The molecular formula is C12H16FNO. The highest BCUT2D eigenvalue weighted by Gasteiger charge is 2.28. The van der Waals surface area contributed by atoms with Crippen molar-refractivity contribution in [1.82, 2.24) is 5.32 Å². The highest BCUT2D eigenvalue weighted by Crippen LogP contribution is 2.24. The number of benzene rings is 1. The summed E-state index contributed by atoms with van der Waals surface area (Å²) in [5, 5.41) is 3.29. The highest BCUT2D eigenvalue weighted by molar-refractivity contribution is 5.23. The van der Waals surface area contributed by atoms with E-state index in [4.69, 9.17) is 4.74 Å². The smallest absolute Gasteiger partial charge is 0.126 e. The van der Waals surface area contributed by atoms with Crippen LogP contribution in [0.3, 0.4) is 0 Å². The minimum absolute atomic E-state index is 0.202. The van der Waals surface area contributed by atoms with Crippen molar-refractivity contribution in [2.75, 3.05) is 13.1 Å². The first kappa shape index (κ1) is 10.4. The van der Waals surface area contributed by atoms with E-state index in [2.05, 4.69) is 12.2 Å². The Morgan fingerprint density at radius 3 is 3.00 bits per heavy atom. The van der Waals surface area contributed by atoms with Gasteiger partial charge in [0, 0.05) is 12.6 Å². The van der Waals surface area contributed by atoms with Gasteiger partial charge in [-0.1, -0.05) is 6.07 Å². The first-order valence-electron chi connectivity index (χ1n) is 5.33. The molecule has 1 aliphatic heterocycles. The van der Waals surface area contributed by atoms with Crippen LogP contribution in [0, 0.1) is 5.82 Å². The van der Waals surface area contributed by atoms with Gasteiger partial charge in [0.05, 0.1) is 0 Å². The number of hydrogen-bond acceptors (Lipinski definition) is 2. The number of nitrogens with one attached hydrogen (secondary N) is 1. The van der Waals surface area contributed by atoms with E-state index in [1.807, 2.05) is 0 Å². The third kappa shape index (κ3) is 2.69. The van der Waals surface area contributed by atoms with Crippen molar-refractivity contribution in [3.05, 3.63) is 30.1 Å². The number of ether oxygens (including phenoxy) is 1. The lowest BCUT2D eigenvalue weighted by molar-refractivity contribution is 0.0611. The molecule has 0 spiro atoms. The van der Waals surface area contributed by atoms with Crippen molar-refractivity contribution >= 4 is 0 Å². The molecule has 1 fully saturated rings. The molecule has 0 bridgehead atoms. The van der Waals surface area contributed by atoms with Crippen molar-refractivity contribution < 1.29 is 9.13 Å². The zero-order chi connectivity index (χ0) is 10.7. The first-order valence-corrected chi connectivity index (χ1v) is 5.33. The lowest BCUT2D eigenvalue weighted by Crippen LogP contribution is -2.47. The van der Waals surface area contributed by atoms with Crippen LogP contribution in [0.25, 0.3) is 0 Å². The molecule has 1 aromatic carbocycles. The maximum Gasteiger partial charge on any atom is 0.126 e. The van der Waals surface area contributed by atoms with Crippen molar-refractivity contribution in [2.45, 2.75) is 25.4 Å². The van der Waals surface area contributed by atoms with E-state index in [1.165, 1.54) is 12.1 Å². The average molecular weight is 209 g/mol. The maximum absolute atomic E-state index is 13.0. The number of hydrogen-bond donors (Lipinski definition) is 1. The van der Waals surface area contributed by atoms with E-state index in [0.717, 1.165) is 25.9 Å². The van der Waals surface area contributed by atoms with Crippen molar-refractivity contribution in [2.24, 2.45) is 0 Å². The Labute approximate surface area is 89.4 Å². The molecule has 0 aromatic heterocycles. The van der Waals surface area contributed by atoms with Crippen LogP contribution in [0.15, 0.2) is 24.3 Å². The van der Waals surface area contributed by atoms with Gasteiger partial charge in [-0.3, -0.25) is 0 Å². The summed E-state index contributed by atoms with van der Waals surface area (Å²) >= 11 is 0. The van der Waals surface area contributed by atoms with E-state index < -0.39 is 0 Å². The Kier molecular flexibility index (Phi) is 2.91. The van der Waals surface area contributed by atoms with E-state index >= 15 is 0 Å². The van der Waals surface area contributed by atoms with Crippen LogP contribution in [0.4, 0.5) is 4.39 Å². The summed E-state index contributed by atoms with van der Waals surface area (Å²) in [4.78, 5) is 0. The van der Waals surface area contributed by atoms with Crippen LogP contribution in [-0.2, 0) is 0 Å². The molecule has 0 amide bonds. The first-order chi connectivity index (χ1) is 7.18. The highest BCUT2D eigenvalue weighted by atomic mass is 19.1. The zero-order valence-electron chi connectivity index (χ0n) is 8.92. The van der Waals surface area contributed by atoms with Gasteiger partial charge in [-0.15, -0.1) is 0 Å². The molecule has 3 heteroatoms. The lowest BCUT2D eigenvalue weighted by Gasteiger charge is -2.34. The second-order valence-electron chi connectivity index (χ2n) is 4.29. The van der Waals surface area contributed by atoms with Crippen molar-refractivity contribution in [3.8, 4) is 5.75 Å². The molecule has 1 saturated heterocycles. The standard InChI is InChI=1S/C12H16FNO/c1-12(6-3-7-14-9-12)15-11-5-2-4-10(13)8-11/h2,4-5,8,14H,3,6-7,9H2,1H3. The summed E-state index contributed by atoms with van der Waals surface area (Å²) in [6.45, 7) is 3.93. The van der Waals surface area contributed by atoms with Gasteiger partial charge in [-0.25, -0.2) is 4.39 Å². The van der Waals surface area contributed by atoms with E-state index in [-0.39, 0.29) is 11.4 Å². The quantitative estimate of drug-likeness (QED) is 0.807. The molecule has 1 aliphatic rings. The fourth-order valence-electron chi connectivity index (χ4n) is 1.93. The molecule has 0 radical (unpaired) electrons. The summed E-state index contributed by atoms with van der Waals surface area (Å²) < 4.78 is 18.8. The van der Waals surface area contributed by atoms with Crippen LogP contribution in [0.1, 0.15) is 19.8 Å². The van der Waals surface area contributed by atoms with E-state index in [9.17, 15) is 4.39 Å². The molecule has 0 saturated carbocycles. The van der Waals surface area contributed by atoms with E-state index in [0.29, 0.717) is 5.75 Å². The minimum atomic E-state index is -0.250. The van der Waals surface area contributed by atoms with Crippen molar-refractivity contribution in [3.63, 3.8) is 0 Å². The number of piperidine rings is 1. The molecular weight excluding hydrogens is 193 g/mol. The fraction of sp³-hybridized carbons (Fsp3) is 0.500. The van der Waals surface area contributed by atoms with Gasteiger partial charge in [-0.2, -0.15) is 0 Å². The predicted molar refractivity (Wildman–Crippen MR) is 57.5 cm³/mol. The molecule has 1 atom stereocenters. The van der Waals surface area contributed by atoms with Crippen LogP contribution in [-0.4, -0.2) is 18.7 Å². The summed E-state index contributed by atoms with van der Waals surface area (Å²) in [5.74, 6) is 0.362. The van der Waals surface area contributed by atoms with Gasteiger partial charge in [0.2, 0.25) is 0 Å². The van der Waals surface area contributed by atoms with Gasteiger partial charge in [-0.05, 0) is 38.4 Å². The van der Waals surface area contributed by atoms with Gasteiger partial charge >= 0.3 is 0 Å². The Balaban J connectivity index is 2.06. The third-order valence-electron chi connectivity index (χ3n) is 2.72. The van der Waals surface area contributed by atoms with Crippen molar-refractivity contribution in [1.29, 1.82) is 0 Å². The largest absolute Gasteiger partial charge is 0.486 e.